The number of nitrogens with zero attached hydrogens (tertiary/aromatic N) is 1. The molecule has 0 aliphatic carbocycles. The summed E-state index contributed by atoms with van der Waals surface area (Å²) >= 11 is 0. The molecule has 3 aliphatic heterocycles. The summed E-state index contributed by atoms with van der Waals surface area (Å²) in [6.07, 6.45) is 6.19. The molecule has 0 aromatic rings. The zero-order valence-corrected chi connectivity index (χ0v) is 12.3. The summed E-state index contributed by atoms with van der Waals surface area (Å²) in [5, 5.41) is 3.53. The fourth-order valence-electron chi connectivity index (χ4n) is 3.97. The van der Waals surface area contributed by atoms with Crippen LogP contribution in [-0.2, 0) is 9.53 Å². The third-order valence-corrected chi connectivity index (χ3v) is 4.81. The molecule has 4 heteroatoms. The lowest BCUT2D eigenvalue weighted by atomic mass is 9.93. The van der Waals surface area contributed by atoms with Gasteiger partial charge in [-0.3, -0.25) is 10.1 Å². The number of hydrogen-bond acceptors (Lipinski definition) is 3. The number of hydrogen-bond donors (Lipinski definition) is 1. The van der Waals surface area contributed by atoms with E-state index in [0.717, 1.165) is 25.7 Å². The molecule has 3 saturated heterocycles. The zero-order valence-electron chi connectivity index (χ0n) is 12.3. The Morgan fingerprint density at radius 1 is 1.42 bits per heavy atom. The quantitative estimate of drug-likeness (QED) is 0.845. The molecular formula is C15H26N2O2. The van der Waals surface area contributed by atoms with Crippen LogP contribution in [0.4, 0.5) is 0 Å². The van der Waals surface area contributed by atoms with Crippen LogP contribution in [0.2, 0.25) is 0 Å². The Balaban J connectivity index is 1.74. The highest BCUT2D eigenvalue weighted by Crippen LogP contribution is 2.39. The van der Waals surface area contributed by atoms with E-state index in [0.29, 0.717) is 30.1 Å². The molecule has 0 spiro atoms. The molecule has 0 aromatic carbocycles. The first-order valence-corrected chi connectivity index (χ1v) is 7.83. The van der Waals surface area contributed by atoms with Crippen LogP contribution in [0.3, 0.4) is 0 Å². The average Bonchev–Trinajstić information content (AvgIpc) is 3.04. The van der Waals surface area contributed by atoms with Crippen molar-refractivity contribution in [3.8, 4) is 0 Å². The molecule has 3 fully saturated rings. The first-order chi connectivity index (χ1) is 9.10. The van der Waals surface area contributed by atoms with Gasteiger partial charge in [0, 0.05) is 0 Å². The maximum absolute atomic E-state index is 12.7. The molecule has 2 bridgehead atoms. The van der Waals surface area contributed by atoms with Gasteiger partial charge in [-0.05, 0) is 38.0 Å². The summed E-state index contributed by atoms with van der Waals surface area (Å²) < 4.78 is 5.93. The smallest absolute Gasteiger partial charge is 0.241 e. The second kappa shape index (κ2) is 5.06. The van der Waals surface area contributed by atoms with Crippen LogP contribution in [0.15, 0.2) is 0 Å². The van der Waals surface area contributed by atoms with Gasteiger partial charge in [-0.1, -0.05) is 20.8 Å². The lowest BCUT2D eigenvalue weighted by molar-refractivity contribution is -0.133. The summed E-state index contributed by atoms with van der Waals surface area (Å²) in [4.78, 5) is 14.8. The number of rotatable bonds is 4. The van der Waals surface area contributed by atoms with Gasteiger partial charge < -0.3 is 9.64 Å². The Bertz CT molecular complexity index is 358. The first-order valence-electron chi connectivity index (χ1n) is 7.83. The molecule has 1 N–H and O–H groups in total. The van der Waals surface area contributed by atoms with Crippen LogP contribution >= 0.6 is 0 Å². The van der Waals surface area contributed by atoms with E-state index in [4.69, 9.17) is 4.74 Å². The van der Waals surface area contributed by atoms with Crippen molar-refractivity contribution in [2.45, 2.75) is 83.3 Å². The predicted molar refractivity (Wildman–Crippen MR) is 73.6 cm³/mol. The van der Waals surface area contributed by atoms with E-state index in [-0.39, 0.29) is 12.2 Å². The predicted octanol–water partition coefficient (Wildman–Crippen LogP) is 1.89. The second-order valence-electron chi connectivity index (χ2n) is 6.70. The molecule has 3 aliphatic rings. The Morgan fingerprint density at radius 2 is 2.21 bits per heavy atom. The van der Waals surface area contributed by atoms with Crippen molar-refractivity contribution < 1.29 is 9.53 Å². The van der Waals surface area contributed by atoms with Gasteiger partial charge in [0.15, 0.2) is 0 Å². The lowest BCUT2D eigenvalue weighted by Gasteiger charge is -2.33. The Morgan fingerprint density at radius 3 is 2.74 bits per heavy atom. The van der Waals surface area contributed by atoms with E-state index in [1.807, 2.05) is 0 Å². The minimum absolute atomic E-state index is 0.0177. The van der Waals surface area contributed by atoms with Crippen LogP contribution in [0.5, 0.6) is 0 Å². The monoisotopic (exact) mass is 266 g/mol. The first kappa shape index (κ1) is 13.4. The van der Waals surface area contributed by atoms with Crippen molar-refractivity contribution in [3.63, 3.8) is 0 Å². The Kier molecular flexibility index (Phi) is 3.56. The maximum Gasteiger partial charge on any atom is 0.241 e. The van der Waals surface area contributed by atoms with Crippen molar-refractivity contribution in [3.05, 3.63) is 0 Å². The highest BCUT2D eigenvalue weighted by Gasteiger charge is 2.50. The molecule has 19 heavy (non-hydrogen) atoms. The molecule has 5 unspecified atom stereocenters. The maximum atomic E-state index is 12.7. The third kappa shape index (κ3) is 2.29. The van der Waals surface area contributed by atoms with E-state index in [9.17, 15) is 4.79 Å². The minimum Gasteiger partial charge on any atom is -0.373 e. The van der Waals surface area contributed by atoms with E-state index in [1.54, 1.807) is 0 Å². The van der Waals surface area contributed by atoms with Gasteiger partial charge in [-0.15, -0.1) is 0 Å². The molecule has 3 heterocycles. The molecule has 4 nitrogen and oxygen atoms in total. The summed E-state index contributed by atoms with van der Waals surface area (Å²) in [7, 11) is 0. The van der Waals surface area contributed by atoms with Crippen molar-refractivity contribution >= 4 is 5.91 Å². The van der Waals surface area contributed by atoms with Crippen LogP contribution < -0.4 is 5.32 Å². The van der Waals surface area contributed by atoms with Crippen molar-refractivity contribution in [1.82, 2.24) is 10.2 Å². The fourth-order valence-corrected chi connectivity index (χ4v) is 3.97. The van der Waals surface area contributed by atoms with E-state index < -0.39 is 0 Å². The number of carbonyl (C=O) groups is 1. The number of carbonyl (C=O) groups excluding carboxylic acids is 1. The van der Waals surface area contributed by atoms with Crippen molar-refractivity contribution in [1.29, 1.82) is 0 Å². The largest absolute Gasteiger partial charge is 0.373 e. The van der Waals surface area contributed by atoms with Gasteiger partial charge in [-0.25, -0.2) is 0 Å². The van der Waals surface area contributed by atoms with Gasteiger partial charge in [0.2, 0.25) is 5.91 Å². The normalized spacial score (nSPS) is 41.8. The minimum atomic E-state index is 0.0177. The van der Waals surface area contributed by atoms with Crippen molar-refractivity contribution in [2.75, 3.05) is 0 Å². The summed E-state index contributed by atoms with van der Waals surface area (Å²) in [5.41, 5.74) is 0. The third-order valence-electron chi connectivity index (χ3n) is 4.81. The van der Waals surface area contributed by atoms with Crippen LogP contribution in [0.25, 0.3) is 0 Å². The second-order valence-corrected chi connectivity index (χ2v) is 6.70. The average molecular weight is 266 g/mol. The van der Waals surface area contributed by atoms with Crippen molar-refractivity contribution in [2.24, 2.45) is 5.92 Å². The number of amides is 1. The highest BCUT2D eigenvalue weighted by atomic mass is 16.5. The van der Waals surface area contributed by atoms with Crippen LogP contribution in [-0.4, -0.2) is 41.3 Å². The molecule has 5 atom stereocenters. The standard InChI is InChI=1S/C15H26N2O2/c1-4-14-16-11(7-9(2)3)15(18)17(14)12-8-10-5-6-13(12)19-10/h9-14,16H,4-8H2,1-3H3. The summed E-state index contributed by atoms with van der Waals surface area (Å²) in [6, 6.07) is 0.338. The Labute approximate surface area is 115 Å². The molecule has 108 valence electrons. The zero-order chi connectivity index (χ0) is 13.6. The van der Waals surface area contributed by atoms with Gasteiger partial charge in [0.25, 0.3) is 0 Å². The molecule has 1 amide bonds. The van der Waals surface area contributed by atoms with Crippen LogP contribution in [0, 0.1) is 5.92 Å². The number of nitrogens with one attached hydrogen (secondary N) is 1. The van der Waals surface area contributed by atoms with Gasteiger partial charge in [0.1, 0.15) is 0 Å². The van der Waals surface area contributed by atoms with Gasteiger partial charge in [-0.2, -0.15) is 0 Å². The lowest BCUT2D eigenvalue weighted by Crippen LogP contribution is -2.48. The molecule has 0 radical (unpaired) electrons. The van der Waals surface area contributed by atoms with Gasteiger partial charge >= 0.3 is 0 Å². The fraction of sp³-hybridized carbons (Fsp3) is 0.933. The topological polar surface area (TPSA) is 41.6 Å². The number of ether oxygens (including phenoxy) is 1. The highest BCUT2D eigenvalue weighted by molar-refractivity contribution is 5.84. The van der Waals surface area contributed by atoms with Gasteiger partial charge in [0.05, 0.1) is 30.5 Å². The molecular weight excluding hydrogens is 240 g/mol. The SMILES string of the molecule is CCC1NC(CC(C)C)C(=O)N1C1CC2CCC1O2. The molecule has 0 saturated carbocycles. The number of fused-ring (bicyclic) bond motifs is 2. The van der Waals surface area contributed by atoms with Crippen LogP contribution in [0.1, 0.15) is 52.9 Å². The van der Waals surface area contributed by atoms with E-state index in [1.165, 1.54) is 6.42 Å². The summed E-state index contributed by atoms with van der Waals surface area (Å²) in [5.74, 6) is 0.858. The molecule has 0 aromatic heterocycles. The van der Waals surface area contributed by atoms with E-state index in [2.05, 4.69) is 31.0 Å². The van der Waals surface area contributed by atoms with E-state index >= 15 is 0 Å². The Hall–Kier alpha value is -0.610. The molecule has 3 rings (SSSR count). The summed E-state index contributed by atoms with van der Waals surface area (Å²) in [6.45, 7) is 6.52.